The summed E-state index contributed by atoms with van der Waals surface area (Å²) in [5.74, 6) is -0.527. The molecule has 5 heteroatoms. The fourth-order valence-corrected chi connectivity index (χ4v) is 2.19. The molecular formula is C14H18N2O3. The molecule has 5 nitrogen and oxygen atoms in total. The molecule has 19 heavy (non-hydrogen) atoms. The SMILES string of the molecule is CCC(CO)C(=O)Nc1ccc2c(c1)CC(=O)N2C. The molecule has 1 atom stereocenters. The Hall–Kier alpha value is -1.88. The van der Waals surface area contributed by atoms with Gasteiger partial charge in [0, 0.05) is 18.4 Å². The Morgan fingerprint density at radius 1 is 1.53 bits per heavy atom. The van der Waals surface area contributed by atoms with Crippen LogP contribution < -0.4 is 10.2 Å². The highest BCUT2D eigenvalue weighted by Crippen LogP contribution is 2.30. The summed E-state index contributed by atoms with van der Waals surface area (Å²) >= 11 is 0. The summed E-state index contributed by atoms with van der Waals surface area (Å²) in [5.41, 5.74) is 2.47. The molecule has 0 radical (unpaired) electrons. The Bertz CT molecular complexity index is 509. The molecule has 0 spiro atoms. The Labute approximate surface area is 112 Å². The standard InChI is InChI=1S/C14H18N2O3/c1-3-9(8-17)14(19)15-11-4-5-12-10(6-11)7-13(18)16(12)2/h4-6,9,17H,3,7-8H2,1-2H3,(H,15,19). The van der Waals surface area contributed by atoms with Gasteiger partial charge in [-0.05, 0) is 30.2 Å². The molecule has 102 valence electrons. The van der Waals surface area contributed by atoms with E-state index in [0.29, 0.717) is 18.5 Å². The lowest BCUT2D eigenvalue weighted by molar-refractivity contribution is -0.121. The lowest BCUT2D eigenvalue weighted by Gasteiger charge is -2.14. The number of carbonyl (C=O) groups is 2. The zero-order valence-corrected chi connectivity index (χ0v) is 11.1. The summed E-state index contributed by atoms with van der Waals surface area (Å²) in [6, 6.07) is 5.42. The first-order chi connectivity index (χ1) is 9.06. The van der Waals surface area contributed by atoms with E-state index < -0.39 is 5.92 Å². The van der Waals surface area contributed by atoms with Crippen molar-refractivity contribution >= 4 is 23.2 Å². The monoisotopic (exact) mass is 262 g/mol. The molecule has 1 aliphatic rings. The van der Waals surface area contributed by atoms with Crippen molar-refractivity contribution in [2.45, 2.75) is 19.8 Å². The van der Waals surface area contributed by atoms with E-state index in [4.69, 9.17) is 5.11 Å². The summed E-state index contributed by atoms with van der Waals surface area (Å²) in [5, 5.41) is 11.9. The van der Waals surface area contributed by atoms with E-state index in [-0.39, 0.29) is 18.4 Å². The van der Waals surface area contributed by atoms with Crippen LogP contribution in [0.2, 0.25) is 0 Å². The molecule has 1 aliphatic heterocycles. The van der Waals surface area contributed by atoms with E-state index in [1.807, 2.05) is 19.1 Å². The molecule has 2 amide bonds. The Kier molecular flexibility index (Phi) is 3.85. The van der Waals surface area contributed by atoms with Crippen LogP contribution in [0.3, 0.4) is 0 Å². The number of fused-ring (bicyclic) bond motifs is 1. The molecule has 0 aromatic heterocycles. The predicted molar refractivity (Wildman–Crippen MR) is 73.1 cm³/mol. The molecule has 0 saturated heterocycles. The van der Waals surface area contributed by atoms with E-state index in [9.17, 15) is 9.59 Å². The molecule has 0 saturated carbocycles. The summed E-state index contributed by atoms with van der Waals surface area (Å²) < 4.78 is 0. The average Bonchev–Trinajstić information content (AvgIpc) is 2.66. The number of likely N-dealkylation sites (N-methyl/N-ethyl adjacent to an activating group) is 1. The van der Waals surface area contributed by atoms with Crippen LogP contribution in [0, 0.1) is 5.92 Å². The third-order valence-electron chi connectivity index (χ3n) is 3.51. The maximum Gasteiger partial charge on any atom is 0.231 e. The number of nitrogens with one attached hydrogen (secondary N) is 1. The topological polar surface area (TPSA) is 69.6 Å². The second kappa shape index (κ2) is 5.40. The number of amides is 2. The lowest BCUT2D eigenvalue weighted by Crippen LogP contribution is -2.25. The van der Waals surface area contributed by atoms with Crippen LogP contribution in [0.4, 0.5) is 11.4 Å². The number of benzene rings is 1. The maximum atomic E-state index is 11.9. The molecule has 1 unspecified atom stereocenters. The minimum atomic E-state index is -0.391. The molecule has 0 fully saturated rings. The van der Waals surface area contributed by atoms with Gasteiger partial charge in [0.25, 0.3) is 0 Å². The van der Waals surface area contributed by atoms with Gasteiger partial charge in [-0.25, -0.2) is 0 Å². The first-order valence-corrected chi connectivity index (χ1v) is 6.38. The Balaban J connectivity index is 2.14. The van der Waals surface area contributed by atoms with Crippen LogP contribution in [0.5, 0.6) is 0 Å². The van der Waals surface area contributed by atoms with Crippen LogP contribution in [0.25, 0.3) is 0 Å². The van der Waals surface area contributed by atoms with E-state index in [2.05, 4.69) is 5.32 Å². The highest BCUT2D eigenvalue weighted by molar-refractivity contribution is 6.02. The van der Waals surface area contributed by atoms with Crippen LogP contribution >= 0.6 is 0 Å². The van der Waals surface area contributed by atoms with Crippen LogP contribution in [-0.2, 0) is 16.0 Å². The van der Waals surface area contributed by atoms with Gasteiger partial charge in [-0.2, -0.15) is 0 Å². The van der Waals surface area contributed by atoms with Crippen molar-refractivity contribution in [1.82, 2.24) is 0 Å². The fourth-order valence-electron chi connectivity index (χ4n) is 2.19. The predicted octanol–water partition coefficient (Wildman–Crippen LogP) is 1.16. The highest BCUT2D eigenvalue weighted by Gasteiger charge is 2.24. The van der Waals surface area contributed by atoms with Crippen molar-refractivity contribution in [1.29, 1.82) is 0 Å². The molecule has 2 rings (SSSR count). The van der Waals surface area contributed by atoms with Crippen molar-refractivity contribution in [3.05, 3.63) is 23.8 Å². The molecule has 0 aliphatic carbocycles. The minimum absolute atomic E-state index is 0.0558. The third kappa shape index (κ3) is 2.61. The van der Waals surface area contributed by atoms with Crippen LogP contribution in [-0.4, -0.2) is 30.6 Å². The second-order valence-electron chi connectivity index (χ2n) is 4.75. The Morgan fingerprint density at radius 3 is 2.89 bits per heavy atom. The number of aliphatic hydroxyl groups is 1. The van der Waals surface area contributed by atoms with Crippen molar-refractivity contribution < 1.29 is 14.7 Å². The van der Waals surface area contributed by atoms with Gasteiger partial charge in [-0.15, -0.1) is 0 Å². The van der Waals surface area contributed by atoms with E-state index in [1.165, 1.54) is 0 Å². The van der Waals surface area contributed by atoms with Crippen LogP contribution in [0.1, 0.15) is 18.9 Å². The van der Waals surface area contributed by atoms with Gasteiger partial charge >= 0.3 is 0 Å². The highest BCUT2D eigenvalue weighted by atomic mass is 16.3. The molecular weight excluding hydrogens is 244 g/mol. The lowest BCUT2D eigenvalue weighted by atomic mass is 10.1. The van der Waals surface area contributed by atoms with Gasteiger partial charge in [-0.3, -0.25) is 9.59 Å². The zero-order chi connectivity index (χ0) is 14.0. The largest absolute Gasteiger partial charge is 0.396 e. The minimum Gasteiger partial charge on any atom is -0.396 e. The van der Waals surface area contributed by atoms with E-state index >= 15 is 0 Å². The van der Waals surface area contributed by atoms with Gasteiger partial charge in [-0.1, -0.05) is 6.92 Å². The van der Waals surface area contributed by atoms with Crippen LogP contribution in [0.15, 0.2) is 18.2 Å². The fraction of sp³-hybridized carbons (Fsp3) is 0.429. The smallest absolute Gasteiger partial charge is 0.231 e. The van der Waals surface area contributed by atoms with Gasteiger partial charge < -0.3 is 15.3 Å². The van der Waals surface area contributed by atoms with Gasteiger partial charge in [0.05, 0.1) is 18.9 Å². The summed E-state index contributed by atoms with van der Waals surface area (Å²) in [4.78, 5) is 25.0. The van der Waals surface area contributed by atoms with Gasteiger partial charge in [0.1, 0.15) is 0 Å². The molecule has 1 aromatic rings. The number of hydrogen-bond acceptors (Lipinski definition) is 3. The van der Waals surface area contributed by atoms with Crippen molar-refractivity contribution in [3.8, 4) is 0 Å². The first kappa shape index (κ1) is 13.5. The number of hydrogen-bond donors (Lipinski definition) is 2. The zero-order valence-electron chi connectivity index (χ0n) is 11.1. The maximum absolute atomic E-state index is 11.9. The average molecular weight is 262 g/mol. The molecule has 2 N–H and O–H groups in total. The normalized spacial score (nSPS) is 15.3. The number of rotatable bonds is 4. The van der Waals surface area contributed by atoms with Crippen molar-refractivity contribution in [2.24, 2.45) is 5.92 Å². The van der Waals surface area contributed by atoms with E-state index in [0.717, 1.165) is 11.3 Å². The first-order valence-electron chi connectivity index (χ1n) is 6.38. The van der Waals surface area contributed by atoms with Gasteiger partial charge in [0.2, 0.25) is 11.8 Å². The van der Waals surface area contributed by atoms with E-state index in [1.54, 1.807) is 18.0 Å². The summed E-state index contributed by atoms with van der Waals surface area (Å²) in [6.45, 7) is 1.70. The molecule has 1 heterocycles. The molecule has 1 aromatic carbocycles. The Morgan fingerprint density at radius 2 is 2.26 bits per heavy atom. The number of carbonyl (C=O) groups excluding carboxylic acids is 2. The second-order valence-corrected chi connectivity index (χ2v) is 4.75. The summed E-state index contributed by atoms with van der Waals surface area (Å²) in [6.07, 6.45) is 0.960. The third-order valence-corrected chi connectivity index (χ3v) is 3.51. The molecule has 0 bridgehead atoms. The van der Waals surface area contributed by atoms with Crippen molar-refractivity contribution in [3.63, 3.8) is 0 Å². The quantitative estimate of drug-likeness (QED) is 0.855. The van der Waals surface area contributed by atoms with Crippen molar-refractivity contribution in [2.75, 3.05) is 23.9 Å². The van der Waals surface area contributed by atoms with Gasteiger partial charge in [0.15, 0.2) is 0 Å². The number of aliphatic hydroxyl groups excluding tert-OH is 1. The number of anilines is 2. The summed E-state index contributed by atoms with van der Waals surface area (Å²) in [7, 11) is 1.74. The number of nitrogens with zero attached hydrogens (tertiary/aromatic N) is 1.